The molecule has 6 nitrogen and oxygen atoms in total. The Morgan fingerprint density at radius 2 is 1.90 bits per heavy atom. The number of carbonyl (C=O) groups is 1. The van der Waals surface area contributed by atoms with Gasteiger partial charge in [-0.15, -0.1) is 24.8 Å². The molecule has 1 aromatic carbocycles. The zero-order chi connectivity index (χ0) is 19.6. The molecule has 0 atom stereocenters. The molecule has 1 fully saturated rings. The van der Waals surface area contributed by atoms with Crippen molar-refractivity contribution < 1.29 is 9.53 Å². The van der Waals surface area contributed by atoms with Crippen LogP contribution in [0, 0.1) is 12.3 Å². The monoisotopic (exact) mass is 450 g/mol. The van der Waals surface area contributed by atoms with Crippen LogP contribution in [0.5, 0.6) is 0 Å². The fourth-order valence-corrected chi connectivity index (χ4v) is 3.90. The Morgan fingerprint density at radius 3 is 2.53 bits per heavy atom. The molecule has 3 heterocycles. The number of halogens is 2. The van der Waals surface area contributed by atoms with E-state index >= 15 is 0 Å². The molecule has 2 N–H and O–H groups in total. The first kappa shape index (κ1) is 24.2. The van der Waals surface area contributed by atoms with Gasteiger partial charge in [-0.1, -0.05) is 18.2 Å². The minimum Gasteiger partial charge on any atom is -0.384 e. The van der Waals surface area contributed by atoms with Gasteiger partial charge in [0.15, 0.2) is 0 Å². The summed E-state index contributed by atoms with van der Waals surface area (Å²) >= 11 is 0. The first-order valence-electron chi connectivity index (χ1n) is 9.67. The highest BCUT2D eigenvalue weighted by molar-refractivity contribution is 5.95. The second-order valence-electron chi connectivity index (χ2n) is 7.54. The molecule has 1 aliphatic heterocycles. The van der Waals surface area contributed by atoms with Gasteiger partial charge in [0.1, 0.15) is 5.65 Å². The number of imidazole rings is 1. The van der Waals surface area contributed by atoms with Crippen molar-refractivity contribution >= 4 is 42.1 Å². The molecule has 1 amide bonds. The number of hydrogen-bond donors (Lipinski definition) is 2. The molecule has 2 aromatic heterocycles. The van der Waals surface area contributed by atoms with Gasteiger partial charge in [-0.25, -0.2) is 4.98 Å². The quantitative estimate of drug-likeness (QED) is 0.613. The van der Waals surface area contributed by atoms with Crippen molar-refractivity contribution in [1.82, 2.24) is 14.7 Å². The van der Waals surface area contributed by atoms with Gasteiger partial charge in [0.2, 0.25) is 5.91 Å². The second kappa shape index (κ2) is 10.3. The van der Waals surface area contributed by atoms with Crippen LogP contribution in [0.25, 0.3) is 16.9 Å². The van der Waals surface area contributed by atoms with Gasteiger partial charge < -0.3 is 19.8 Å². The lowest BCUT2D eigenvalue weighted by Gasteiger charge is -2.35. The largest absolute Gasteiger partial charge is 0.384 e. The van der Waals surface area contributed by atoms with E-state index in [4.69, 9.17) is 9.72 Å². The molecule has 30 heavy (non-hydrogen) atoms. The third-order valence-electron chi connectivity index (χ3n) is 5.58. The normalized spacial score (nSPS) is 15.1. The van der Waals surface area contributed by atoms with Crippen molar-refractivity contribution in [1.29, 1.82) is 0 Å². The zero-order valence-electron chi connectivity index (χ0n) is 17.2. The fourth-order valence-electron chi connectivity index (χ4n) is 3.90. The van der Waals surface area contributed by atoms with Gasteiger partial charge in [0.25, 0.3) is 0 Å². The van der Waals surface area contributed by atoms with Crippen molar-refractivity contribution in [3.8, 4) is 11.3 Å². The average Bonchev–Trinajstić information content (AvgIpc) is 3.15. The van der Waals surface area contributed by atoms with Crippen LogP contribution in [0.3, 0.4) is 0 Å². The van der Waals surface area contributed by atoms with Crippen LogP contribution in [0.4, 0.5) is 5.69 Å². The molecule has 0 spiro atoms. The van der Waals surface area contributed by atoms with E-state index in [1.807, 2.05) is 47.1 Å². The highest BCUT2D eigenvalue weighted by atomic mass is 35.5. The van der Waals surface area contributed by atoms with E-state index in [9.17, 15) is 4.79 Å². The summed E-state index contributed by atoms with van der Waals surface area (Å²) in [5, 5.41) is 6.39. The number of aromatic nitrogens is 2. The van der Waals surface area contributed by atoms with Crippen LogP contribution in [0.1, 0.15) is 18.4 Å². The lowest BCUT2D eigenvalue weighted by atomic mass is 9.78. The van der Waals surface area contributed by atoms with E-state index in [0.717, 1.165) is 54.1 Å². The Kier molecular flexibility index (Phi) is 8.26. The van der Waals surface area contributed by atoms with E-state index in [-0.39, 0.29) is 30.7 Å². The van der Waals surface area contributed by atoms with Crippen LogP contribution < -0.4 is 10.6 Å². The second-order valence-corrected chi connectivity index (χ2v) is 7.54. The molecule has 3 aromatic rings. The minimum atomic E-state index is -0.461. The van der Waals surface area contributed by atoms with E-state index in [2.05, 4.69) is 23.6 Å². The number of carbonyl (C=O) groups excluding carboxylic acids is 1. The van der Waals surface area contributed by atoms with Crippen LogP contribution in [-0.4, -0.2) is 42.1 Å². The number of nitrogens with zero attached hydrogens (tertiary/aromatic N) is 2. The Morgan fingerprint density at radius 1 is 1.20 bits per heavy atom. The summed E-state index contributed by atoms with van der Waals surface area (Å²) in [6.07, 6.45) is 5.59. The van der Waals surface area contributed by atoms with Crippen molar-refractivity contribution in [3.05, 3.63) is 54.4 Å². The van der Waals surface area contributed by atoms with Gasteiger partial charge in [-0.05, 0) is 56.6 Å². The number of benzene rings is 1. The predicted molar refractivity (Wildman–Crippen MR) is 125 cm³/mol. The summed E-state index contributed by atoms with van der Waals surface area (Å²) < 4.78 is 7.39. The van der Waals surface area contributed by atoms with Crippen molar-refractivity contribution in [2.75, 3.05) is 32.1 Å². The Balaban J connectivity index is 0.00000160. The van der Waals surface area contributed by atoms with Gasteiger partial charge in [-0.2, -0.15) is 0 Å². The smallest absolute Gasteiger partial charge is 0.233 e. The zero-order valence-corrected chi connectivity index (χ0v) is 18.8. The lowest BCUT2D eigenvalue weighted by Crippen LogP contribution is -2.47. The first-order chi connectivity index (χ1) is 13.6. The van der Waals surface area contributed by atoms with E-state index in [0.29, 0.717) is 6.61 Å². The van der Waals surface area contributed by atoms with Crippen LogP contribution >= 0.6 is 24.8 Å². The number of amides is 1. The van der Waals surface area contributed by atoms with Gasteiger partial charge in [0.05, 0.1) is 17.7 Å². The number of methoxy groups -OCH3 is 1. The standard InChI is InChI=1S/C22H26N4O2.2ClH/c1-16-4-3-13-26-14-19(25-20(16)26)17-5-7-18(8-6-17)24-21(27)22(15-28-2)9-11-23-12-10-22;;/h3-8,13-14,23H,9-12,15H2,1-2H3,(H,24,27);2*1H. The number of rotatable bonds is 5. The third-order valence-corrected chi connectivity index (χ3v) is 5.58. The third kappa shape index (κ3) is 4.78. The summed E-state index contributed by atoms with van der Waals surface area (Å²) in [4.78, 5) is 17.7. The highest BCUT2D eigenvalue weighted by Crippen LogP contribution is 2.31. The molecule has 0 saturated carbocycles. The summed E-state index contributed by atoms with van der Waals surface area (Å²) in [5.74, 6) is 0.0342. The number of fused-ring (bicyclic) bond motifs is 1. The van der Waals surface area contributed by atoms with E-state index in [1.165, 1.54) is 0 Å². The fraction of sp³-hybridized carbons (Fsp3) is 0.364. The summed E-state index contributed by atoms with van der Waals surface area (Å²) in [7, 11) is 1.66. The van der Waals surface area contributed by atoms with E-state index in [1.54, 1.807) is 7.11 Å². The van der Waals surface area contributed by atoms with Crippen LogP contribution in [-0.2, 0) is 9.53 Å². The number of pyridine rings is 1. The van der Waals surface area contributed by atoms with Crippen molar-refractivity contribution in [2.24, 2.45) is 5.41 Å². The number of nitrogens with one attached hydrogen (secondary N) is 2. The first-order valence-corrected chi connectivity index (χ1v) is 9.67. The number of piperidine rings is 1. The Hall–Kier alpha value is -2.12. The summed E-state index contributed by atoms with van der Waals surface area (Å²) in [6.45, 7) is 4.17. The molecule has 1 saturated heterocycles. The SMILES string of the molecule is COCC1(C(=O)Nc2ccc(-c3cn4cccc(C)c4n3)cc2)CCNCC1.Cl.Cl. The average molecular weight is 451 g/mol. The molecule has 1 aliphatic rings. The van der Waals surface area contributed by atoms with Crippen LogP contribution in [0.2, 0.25) is 0 Å². The Labute approximate surface area is 189 Å². The number of aryl methyl sites for hydroxylation is 1. The number of hydrogen-bond acceptors (Lipinski definition) is 4. The molecule has 0 unspecified atom stereocenters. The maximum atomic E-state index is 13.0. The molecule has 0 aliphatic carbocycles. The highest BCUT2D eigenvalue weighted by Gasteiger charge is 2.39. The molecule has 8 heteroatoms. The summed E-state index contributed by atoms with van der Waals surface area (Å²) in [6, 6.07) is 11.9. The van der Waals surface area contributed by atoms with Crippen LogP contribution in [0.15, 0.2) is 48.8 Å². The molecule has 0 radical (unpaired) electrons. The minimum absolute atomic E-state index is 0. The van der Waals surface area contributed by atoms with Gasteiger partial charge in [-0.3, -0.25) is 4.79 Å². The van der Waals surface area contributed by atoms with Gasteiger partial charge in [0, 0.05) is 30.8 Å². The van der Waals surface area contributed by atoms with Gasteiger partial charge >= 0.3 is 0 Å². The number of ether oxygens (including phenoxy) is 1. The maximum Gasteiger partial charge on any atom is 0.233 e. The van der Waals surface area contributed by atoms with Crippen molar-refractivity contribution in [3.63, 3.8) is 0 Å². The molecule has 0 bridgehead atoms. The van der Waals surface area contributed by atoms with Crippen molar-refractivity contribution in [2.45, 2.75) is 19.8 Å². The molecule has 4 rings (SSSR count). The lowest BCUT2D eigenvalue weighted by molar-refractivity contribution is -0.130. The number of anilines is 1. The predicted octanol–water partition coefficient (Wildman–Crippen LogP) is 4.11. The molecule has 162 valence electrons. The summed E-state index contributed by atoms with van der Waals surface area (Å²) in [5.41, 5.74) is 4.38. The molecular formula is C22H28Cl2N4O2. The van der Waals surface area contributed by atoms with E-state index < -0.39 is 5.41 Å². The Bertz CT molecular complexity index is 977. The molecular weight excluding hydrogens is 423 g/mol. The maximum absolute atomic E-state index is 13.0. The topological polar surface area (TPSA) is 67.7 Å².